The maximum atomic E-state index is 10.7. The van der Waals surface area contributed by atoms with Crippen LogP contribution in [0.4, 0.5) is 0 Å². The second-order valence-corrected chi connectivity index (χ2v) is 3.51. The highest BCUT2D eigenvalue weighted by molar-refractivity contribution is 9.10. The van der Waals surface area contributed by atoms with Gasteiger partial charge in [0.1, 0.15) is 0 Å². The maximum absolute atomic E-state index is 10.7. The Labute approximate surface area is 84.4 Å². The Morgan fingerprint density at radius 1 is 1.77 bits per heavy atom. The van der Waals surface area contributed by atoms with Crippen LogP contribution in [0.2, 0.25) is 0 Å². The Balaban J connectivity index is 2.24. The summed E-state index contributed by atoms with van der Waals surface area (Å²) in [6, 6.07) is 0. The summed E-state index contributed by atoms with van der Waals surface area (Å²) in [6.45, 7) is 0.721. The van der Waals surface area contributed by atoms with Crippen LogP contribution in [0, 0.1) is 0 Å². The van der Waals surface area contributed by atoms with Crippen LogP contribution >= 0.6 is 15.9 Å². The lowest BCUT2D eigenvalue weighted by atomic mass is 10.3. The van der Waals surface area contributed by atoms with Gasteiger partial charge in [-0.15, -0.1) is 0 Å². The van der Waals surface area contributed by atoms with Crippen LogP contribution in [0.25, 0.3) is 0 Å². The third-order valence-corrected chi connectivity index (χ3v) is 1.96. The van der Waals surface area contributed by atoms with Gasteiger partial charge in [0.15, 0.2) is 0 Å². The predicted molar refractivity (Wildman–Crippen MR) is 51.5 cm³/mol. The first-order chi connectivity index (χ1) is 6.22. The molecule has 6 heteroatoms. The molecule has 1 aromatic rings. The zero-order chi connectivity index (χ0) is 9.68. The number of carbonyl (C=O) groups excluding carboxylic acids is 1. The second-order valence-electron chi connectivity index (χ2n) is 2.59. The molecule has 0 aliphatic rings. The van der Waals surface area contributed by atoms with Crippen LogP contribution < -0.4 is 11.3 Å². The fraction of sp³-hybridized carbons (Fsp3) is 0.429. The van der Waals surface area contributed by atoms with E-state index in [1.54, 1.807) is 10.9 Å². The highest BCUT2D eigenvalue weighted by Crippen LogP contribution is 2.06. The predicted octanol–water partition coefficient (Wildman–Crippen LogP) is 0.416. The van der Waals surface area contributed by atoms with Crippen molar-refractivity contribution in [2.75, 3.05) is 0 Å². The van der Waals surface area contributed by atoms with E-state index in [2.05, 4.69) is 26.5 Å². The first-order valence-electron chi connectivity index (χ1n) is 3.90. The molecule has 0 fully saturated rings. The van der Waals surface area contributed by atoms with Crippen LogP contribution in [0.1, 0.15) is 12.8 Å². The van der Waals surface area contributed by atoms with E-state index in [1.807, 2.05) is 6.20 Å². The van der Waals surface area contributed by atoms with Gasteiger partial charge in [-0.1, -0.05) is 0 Å². The number of hydrogen-bond acceptors (Lipinski definition) is 3. The lowest BCUT2D eigenvalue weighted by molar-refractivity contribution is -0.121. The van der Waals surface area contributed by atoms with Crippen LogP contribution in [0.5, 0.6) is 0 Å². The molecule has 1 aromatic heterocycles. The van der Waals surface area contributed by atoms with Crippen molar-refractivity contribution in [3.05, 3.63) is 16.9 Å². The summed E-state index contributed by atoms with van der Waals surface area (Å²) in [5, 5.41) is 4.05. The molecule has 1 amide bonds. The number of carbonyl (C=O) groups is 1. The molecule has 1 rings (SSSR count). The Hall–Kier alpha value is -0.880. The molecule has 0 atom stereocenters. The fourth-order valence-electron chi connectivity index (χ4n) is 0.934. The number of hydrazine groups is 1. The standard InChI is InChI=1S/C7H11BrN4O/c8-6-4-10-12(5-6)3-1-2-7(13)11-9/h4-5H,1-3,9H2,(H,11,13). The highest BCUT2D eigenvalue weighted by Gasteiger charge is 1.99. The Morgan fingerprint density at radius 2 is 2.54 bits per heavy atom. The molecule has 0 spiro atoms. The summed E-state index contributed by atoms with van der Waals surface area (Å²) in [5.74, 6) is 4.78. The minimum atomic E-state index is -0.147. The van der Waals surface area contributed by atoms with E-state index in [9.17, 15) is 4.79 Å². The normalized spacial score (nSPS) is 10.0. The number of hydrogen-bond donors (Lipinski definition) is 2. The number of rotatable bonds is 4. The molecular formula is C7H11BrN4O. The molecule has 0 bridgehead atoms. The van der Waals surface area contributed by atoms with Gasteiger partial charge >= 0.3 is 0 Å². The lowest BCUT2D eigenvalue weighted by Gasteiger charge is -2.00. The first-order valence-corrected chi connectivity index (χ1v) is 4.69. The molecular weight excluding hydrogens is 236 g/mol. The molecule has 0 unspecified atom stereocenters. The zero-order valence-electron chi connectivity index (χ0n) is 7.03. The van der Waals surface area contributed by atoms with Gasteiger partial charge in [0.05, 0.1) is 10.7 Å². The maximum Gasteiger partial charge on any atom is 0.233 e. The molecule has 72 valence electrons. The summed E-state index contributed by atoms with van der Waals surface area (Å²) in [4.78, 5) is 10.7. The molecule has 0 aliphatic heterocycles. The van der Waals surface area contributed by atoms with Gasteiger partial charge in [0.25, 0.3) is 0 Å². The lowest BCUT2D eigenvalue weighted by Crippen LogP contribution is -2.29. The number of nitrogens with two attached hydrogens (primary N) is 1. The summed E-state index contributed by atoms with van der Waals surface area (Å²) in [7, 11) is 0. The largest absolute Gasteiger partial charge is 0.294 e. The van der Waals surface area contributed by atoms with Gasteiger partial charge in [-0.25, -0.2) is 5.84 Å². The Bertz CT molecular complexity index is 286. The van der Waals surface area contributed by atoms with E-state index in [0.29, 0.717) is 6.42 Å². The van der Waals surface area contributed by atoms with Gasteiger partial charge in [-0.2, -0.15) is 5.10 Å². The number of amides is 1. The number of aromatic nitrogens is 2. The fourth-order valence-corrected chi connectivity index (χ4v) is 1.26. The third kappa shape index (κ3) is 3.56. The number of nitrogens with one attached hydrogen (secondary N) is 1. The summed E-state index contributed by atoms with van der Waals surface area (Å²) in [5.41, 5.74) is 2.08. The molecule has 1 heterocycles. The van der Waals surface area contributed by atoms with Gasteiger partial charge in [-0.3, -0.25) is 14.9 Å². The van der Waals surface area contributed by atoms with Crippen LogP contribution in [0.15, 0.2) is 16.9 Å². The van der Waals surface area contributed by atoms with E-state index < -0.39 is 0 Å². The van der Waals surface area contributed by atoms with E-state index >= 15 is 0 Å². The minimum Gasteiger partial charge on any atom is -0.294 e. The third-order valence-electron chi connectivity index (χ3n) is 1.55. The highest BCUT2D eigenvalue weighted by atomic mass is 79.9. The van der Waals surface area contributed by atoms with Gasteiger partial charge in [0.2, 0.25) is 5.91 Å². The van der Waals surface area contributed by atoms with Gasteiger partial charge in [-0.05, 0) is 22.4 Å². The first kappa shape index (κ1) is 10.2. The average Bonchev–Trinajstić information content (AvgIpc) is 2.51. The monoisotopic (exact) mass is 246 g/mol. The molecule has 0 aliphatic carbocycles. The van der Waals surface area contributed by atoms with Crippen molar-refractivity contribution in [1.29, 1.82) is 0 Å². The topological polar surface area (TPSA) is 72.9 Å². The van der Waals surface area contributed by atoms with Crippen molar-refractivity contribution in [2.45, 2.75) is 19.4 Å². The summed E-state index contributed by atoms with van der Waals surface area (Å²) in [6.07, 6.45) is 4.73. The minimum absolute atomic E-state index is 0.147. The smallest absolute Gasteiger partial charge is 0.233 e. The molecule has 0 saturated heterocycles. The van der Waals surface area contributed by atoms with E-state index in [0.717, 1.165) is 17.4 Å². The van der Waals surface area contributed by atoms with Crippen molar-refractivity contribution in [1.82, 2.24) is 15.2 Å². The molecule has 13 heavy (non-hydrogen) atoms. The van der Waals surface area contributed by atoms with Crippen molar-refractivity contribution in [3.8, 4) is 0 Å². The molecule has 0 aromatic carbocycles. The van der Waals surface area contributed by atoms with Crippen LogP contribution in [-0.4, -0.2) is 15.7 Å². The van der Waals surface area contributed by atoms with Crippen molar-refractivity contribution in [3.63, 3.8) is 0 Å². The number of halogens is 1. The number of nitrogens with zero attached hydrogens (tertiary/aromatic N) is 2. The van der Waals surface area contributed by atoms with Gasteiger partial charge < -0.3 is 0 Å². The zero-order valence-corrected chi connectivity index (χ0v) is 8.62. The molecule has 0 saturated carbocycles. The quantitative estimate of drug-likeness (QED) is 0.460. The van der Waals surface area contributed by atoms with Crippen molar-refractivity contribution in [2.24, 2.45) is 5.84 Å². The van der Waals surface area contributed by atoms with Crippen molar-refractivity contribution < 1.29 is 4.79 Å². The van der Waals surface area contributed by atoms with Gasteiger partial charge in [0, 0.05) is 19.2 Å². The SMILES string of the molecule is NNC(=O)CCCn1cc(Br)cn1. The molecule has 5 nitrogen and oxygen atoms in total. The molecule has 3 N–H and O–H groups in total. The summed E-state index contributed by atoms with van der Waals surface area (Å²) < 4.78 is 2.71. The van der Waals surface area contributed by atoms with Crippen molar-refractivity contribution >= 4 is 21.8 Å². The van der Waals surface area contributed by atoms with Crippen LogP contribution in [0.3, 0.4) is 0 Å². The number of aryl methyl sites for hydroxylation is 1. The Morgan fingerprint density at radius 3 is 3.08 bits per heavy atom. The Kier molecular flexibility index (Phi) is 3.91. The van der Waals surface area contributed by atoms with E-state index in [-0.39, 0.29) is 5.91 Å². The average molecular weight is 247 g/mol. The second kappa shape index (κ2) is 4.98. The van der Waals surface area contributed by atoms with E-state index in [1.165, 1.54) is 0 Å². The molecule has 0 radical (unpaired) electrons. The van der Waals surface area contributed by atoms with Crippen LogP contribution in [-0.2, 0) is 11.3 Å². The van der Waals surface area contributed by atoms with E-state index in [4.69, 9.17) is 5.84 Å². The summed E-state index contributed by atoms with van der Waals surface area (Å²) >= 11 is 3.28.